The topological polar surface area (TPSA) is 75.0 Å². The molecule has 4 aromatic rings. The van der Waals surface area contributed by atoms with Crippen LogP contribution in [-0.2, 0) is 0 Å². The molecule has 1 aliphatic rings. The van der Waals surface area contributed by atoms with E-state index in [-0.39, 0.29) is 17.6 Å². The van der Waals surface area contributed by atoms with Gasteiger partial charge >= 0.3 is 0 Å². The minimum atomic E-state index is -0.317. The molecule has 0 bridgehead atoms. The summed E-state index contributed by atoms with van der Waals surface area (Å²) in [4.78, 5) is 19.5. The highest BCUT2D eigenvalue weighted by Gasteiger charge is 2.29. The third-order valence-corrected chi connectivity index (χ3v) is 5.44. The number of para-hydroxylation sites is 2. The van der Waals surface area contributed by atoms with Gasteiger partial charge in [-0.1, -0.05) is 12.1 Å². The van der Waals surface area contributed by atoms with Crippen LogP contribution in [0.3, 0.4) is 0 Å². The monoisotopic (exact) mass is 390 g/mol. The zero-order valence-corrected chi connectivity index (χ0v) is 15.6. The largest absolute Gasteiger partial charge is 0.440 e. The van der Waals surface area contributed by atoms with Crippen molar-refractivity contribution in [3.63, 3.8) is 0 Å². The number of fused-ring (bicyclic) bond motifs is 1. The number of halogens is 1. The molecule has 5 rings (SSSR count). The molecular weight excluding hydrogens is 371 g/mol. The molecule has 6 nitrogen and oxygen atoms in total. The van der Waals surface area contributed by atoms with Gasteiger partial charge in [0.05, 0.1) is 17.5 Å². The maximum Gasteiger partial charge on any atom is 0.257 e. The van der Waals surface area contributed by atoms with E-state index in [2.05, 4.69) is 15.2 Å². The highest BCUT2D eigenvalue weighted by Crippen LogP contribution is 2.31. The lowest BCUT2D eigenvalue weighted by molar-refractivity contribution is 0.0707. The number of rotatable bonds is 3. The maximum absolute atomic E-state index is 13.2. The van der Waals surface area contributed by atoms with Gasteiger partial charge in [-0.15, -0.1) is 0 Å². The molecule has 0 unspecified atom stereocenters. The van der Waals surface area contributed by atoms with Gasteiger partial charge in [-0.2, -0.15) is 5.10 Å². The van der Waals surface area contributed by atoms with Gasteiger partial charge < -0.3 is 9.32 Å². The van der Waals surface area contributed by atoms with Crippen LogP contribution >= 0.6 is 0 Å². The maximum atomic E-state index is 13.2. The fourth-order valence-corrected chi connectivity index (χ4v) is 3.85. The van der Waals surface area contributed by atoms with Crippen LogP contribution in [0.2, 0.25) is 0 Å². The van der Waals surface area contributed by atoms with Crippen LogP contribution in [0.1, 0.15) is 35.0 Å². The Morgan fingerprint density at radius 1 is 1.10 bits per heavy atom. The van der Waals surface area contributed by atoms with Crippen molar-refractivity contribution in [3.05, 3.63) is 72.0 Å². The van der Waals surface area contributed by atoms with Crippen molar-refractivity contribution in [1.29, 1.82) is 0 Å². The summed E-state index contributed by atoms with van der Waals surface area (Å²) in [5.41, 5.74) is 3.49. The van der Waals surface area contributed by atoms with Gasteiger partial charge in [-0.05, 0) is 49.2 Å². The summed E-state index contributed by atoms with van der Waals surface area (Å²) in [6, 6.07) is 13.8. The van der Waals surface area contributed by atoms with Gasteiger partial charge in [0.25, 0.3) is 5.91 Å². The molecule has 2 aromatic carbocycles. The molecular formula is C22H19FN4O2. The number of benzene rings is 2. The number of likely N-dealkylation sites (tertiary alicyclic amines) is 1. The van der Waals surface area contributed by atoms with Gasteiger partial charge in [0.2, 0.25) is 0 Å². The van der Waals surface area contributed by atoms with E-state index in [1.54, 1.807) is 12.1 Å². The third-order valence-electron chi connectivity index (χ3n) is 5.44. The Bertz CT molecular complexity index is 1120. The second-order valence-electron chi connectivity index (χ2n) is 7.25. The average molecular weight is 390 g/mol. The second kappa shape index (κ2) is 7.16. The van der Waals surface area contributed by atoms with Crippen molar-refractivity contribution in [2.24, 2.45) is 0 Å². The normalized spacial score (nSPS) is 15.1. The van der Waals surface area contributed by atoms with E-state index in [0.29, 0.717) is 24.3 Å². The van der Waals surface area contributed by atoms with E-state index < -0.39 is 0 Å². The van der Waals surface area contributed by atoms with Gasteiger partial charge in [0.15, 0.2) is 11.5 Å². The zero-order chi connectivity index (χ0) is 19.8. The number of H-pyrrole nitrogens is 1. The first-order valence-corrected chi connectivity index (χ1v) is 9.63. The first kappa shape index (κ1) is 17.6. The summed E-state index contributed by atoms with van der Waals surface area (Å²) in [5, 5.41) is 6.90. The van der Waals surface area contributed by atoms with Crippen LogP contribution < -0.4 is 0 Å². The standard InChI is InChI=1S/C22H19FN4O2/c23-16-7-5-14(6-8-16)20-17(13-24-26-20)22(28)27-11-9-15(10-12-27)21-25-18-3-1-2-4-19(18)29-21/h1-8,13,15H,9-12H2,(H,24,26). The number of amides is 1. The Hall–Kier alpha value is -3.48. The number of piperidine rings is 1. The van der Waals surface area contributed by atoms with Crippen molar-refractivity contribution in [2.75, 3.05) is 13.1 Å². The van der Waals surface area contributed by atoms with Crippen LogP contribution in [0, 0.1) is 5.82 Å². The molecule has 29 heavy (non-hydrogen) atoms. The molecule has 146 valence electrons. The van der Waals surface area contributed by atoms with Crippen molar-refractivity contribution in [1.82, 2.24) is 20.1 Å². The Balaban J connectivity index is 1.30. The summed E-state index contributed by atoms with van der Waals surface area (Å²) >= 11 is 0. The zero-order valence-electron chi connectivity index (χ0n) is 15.6. The molecule has 1 saturated heterocycles. The van der Waals surface area contributed by atoms with Crippen LogP contribution in [0.4, 0.5) is 4.39 Å². The van der Waals surface area contributed by atoms with E-state index in [0.717, 1.165) is 35.4 Å². The number of hydrogen-bond acceptors (Lipinski definition) is 4. The van der Waals surface area contributed by atoms with Crippen molar-refractivity contribution in [2.45, 2.75) is 18.8 Å². The van der Waals surface area contributed by atoms with E-state index in [1.165, 1.54) is 18.3 Å². The molecule has 1 N–H and O–H groups in total. The lowest BCUT2D eigenvalue weighted by atomic mass is 9.96. The molecule has 0 atom stereocenters. The lowest BCUT2D eigenvalue weighted by Crippen LogP contribution is -2.38. The molecule has 0 spiro atoms. The summed E-state index contributed by atoms with van der Waals surface area (Å²) < 4.78 is 19.1. The molecule has 0 radical (unpaired) electrons. The Morgan fingerprint density at radius 3 is 2.62 bits per heavy atom. The highest BCUT2D eigenvalue weighted by atomic mass is 19.1. The van der Waals surface area contributed by atoms with Gasteiger partial charge in [-0.3, -0.25) is 9.89 Å². The first-order valence-electron chi connectivity index (χ1n) is 9.63. The Morgan fingerprint density at radius 2 is 1.86 bits per heavy atom. The molecule has 1 aliphatic heterocycles. The van der Waals surface area contributed by atoms with Crippen LogP contribution in [-0.4, -0.2) is 39.1 Å². The SMILES string of the molecule is O=C(c1cn[nH]c1-c1ccc(F)cc1)N1CCC(c2nc3ccccc3o2)CC1. The highest BCUT2D eigenvalue weighted by molar-refractivity contribution is 5.99. The molecule has 1 amide bonds. The number of hydrogen-bond donors (Lipinski definition) is 1. The van der Waals surface area contributed by atoms with Crippen molar-refractivity contribution < 1.29 is 13.6 Å². The fraction of sp³-hybridized carbons (Fsp3) is 0.227. The minimum Gasteiger partial charge on any atom is -0.440 e. The predicted octanol–water partition coefficient (Wildman–Crippen LogP) is 4.38. The predicted molar refractivity (Wildman–Crippen MR) is 106 cm³/mol. The van der Waals surface area contributed by atoms with E-state index in [9.17, 15) is 9.18 Å². The summed E-state index contributed by atoms with van der Waals surface area (Å²) in [7, 11) is 0. The van der Waals surface area contributed by atoms with E-state index in [1.807, 2.05) is 29.2 Å². The number of nitrogens with zero attached hydrogens (tertiary/aromatic N) is 3. The number of aromatic nitrogens is 3. The molecule has 1 fully saturated rings. The minimum absolute atomic E-state index is 0.0749. The second-order valence-corrected chi connectivity index (χ2v) is 7.25. The molecule has 3 heterocycles. The number of aromatic amines is 1. The number of oxazole rings is 1. The first-order chi connectivity index (χ1) is 14.2. The lowest BCUT2D eigenvalue weighted by Gasteiger charge is -2.30. The van der Waals surface area contributed by atoms with Crippen LogP contribution in [0.15, 0.2) is 59.1 Å². The summed E-state index contributed by atoms with van der Waals surface area (Å²) in [5.74, 6) is 0.553. The number of nitrogens with one attached hydrogen (secondary N) is 1. The van der Waals surface area contributed by atoms with Crippen LogP contribution in [0.25, 0.3) is 22.4 Å². The molecule has 2 aromatic heterocycles. The number of carbonyl (C=O) groups is 1. The third kappa shape index (κ3) is 3.29. The smallest absolute Gasteiger partial charge is 0.257 e. The Labute approximate surface area is 166 Å². The number of carbonyl (C=O) groups excluding carboxylic acids is 1. The average Bonchev–Trinajstić information content (AvgIpc) is 3.41. The van der Waals surface area contributed by atoms with E-state index >= 15 is 0 Å². The van der Waals surface area contributed by atoms with Gasteiger partial charge in [0.1, 0.15) is 11.3 Å². The fourth-order valence-electron chi connectivity index (χ4n) is 3.85. The summed E-state index contributed by atoms with van der Waals surface area (Å²) in [6.07, 6.45) is 3.12. The quantitative estimate of drug-likeness (QED) is 0.563. The Kier molecular flexibility index (Phi) is 4.35. The van der Waals surface area contributed by atoms with Crippen molar-refractivity contribution >= 4 is 17.0 Å². The van der Waals surface area contributed by atoms with Gasteiger partial charge in [-0.25, -0.2) is 9.37 Å². The van der Waals surface area contributed by atoms with Crippen LogP contribution in [0.5, 0.6) is 0 Å². The molecule has 0 aliphatic carbocycles. The molecule has 0 saturated carbocycles. The summed E-state index contributed by atoms with van der Waals surface area (Å²) in [6.45, 7) is 1.24. The van der Waals surface area contributed by atoms with Crippen molar-refractivity contribution in [3.8, 4) is 11.3 Å². The van der Waals surface area contributed by atoms with E-state index in [4.69, 9.17) is 4.42 Å². The van der Waals surface area contributed by atoms with Gasteiger partial charge in [0, 0.05) is 24.6 Å². The molecule has 7 heteroatoms.